The molecule has 0 saturated heterocycles. The maximum Gasteiger partial charge on any atom is 0.130 e. The predicted molar refractivity (Wildman–Crippen MR) is 56.6 cm³/mol. The second-order valence-corrected chi connectivity index (χ2v) is 3.69. The van der Waals surface area contributed by atoms with Crippen molar-refractivity contribution in [3.05, 3.63) is 35.4 Å². The molecule has 0 bridgehead atoms. The minimum absolute atomic E-state index is 0.126. The molecule has 0 spiro atoms. The van der Waals surface area contributed by atoms with Gasteiger partial charge in [0.2, 0.25) is 0 Å². The summed E-state index contributed by atoms with van der Waals surface area (Å²) in [6.07, 6.45) is 0. The largest absolute Gasteiger partial charge is 0.301 e. The van der Waals surface area contributed by atoms with Crippen LogP contribution < -0.4 is 0 Å². The fourth-order valence-corrected chi connectivity index (χ4v) is 1.83. The number of hydrogen-bond acceptors (Lipinski definition) is 2. The molecule has 0 fully saturated rings. The maximum absolute atomic E-state index is 13.3. The molecule has 1 nitrogen and oxygen atoms in total. The molecular formula is C10H13F2NS. The Bertz CT molecular complexity index is 315. The Labute approximate surface area is 88.1 Å². The third kappa shape index (κ3) is 2.45. The van der Waals surface area contributed by atoms with Crippen molar-refractivity contribution in [3.8, 4) is 0 Å². The summed E-state index contributed by atoms with van der Waals surface area (Å²) in [6.45, 7) is 0. The van der Waals surface area contributed by atoms with Crippen molar-refractivity contribution in [2.24, 2.45) is 0 Å². The van der Waals surface area contributed by atoms with Gasteiger partial charge in [-0.05, 0) is 20.2 Å². The monoisotopic (exact) mass is 217 g/mol. The molecule has 1 aromatic rings. The molecule has 0 radical (unpaired) electrons. The molecule has 1 unspecified atom stereocenters. The Hall–Kier alpha value is -0.610. The van der Waals surface area contributed by atoms with Crippen molar-refractivity contribution >= 4 is 12.6 Å². The lowest BCUT2D eigenvalue weighted by Gasteiger charge is -2.23. The van der Waals surface area contributed by atoms with Crippen molar-refractivity contribution in [1.82, 2.24) is 4.90 Å². The first kappa shape index (κ1) is 11.5. The Morgan fingerprint density at radius 1 is 1.36 bits per heavy atom. The third-order valence-electron chi connectivity index (χ3n) is 2.12. The van der Waals surface area contributed by atoms with Crippen LogP contribution in [0.4, 0.5) is 8.78 Å². The summed E-state index contributed by atoms with van der Waals surface area (Å²) < 4.78 is 26.0. The van der Waals surface area contributed by atoms with Gasteiger partial charge in [0.15, 0.2) is 0 Å². The normalized spacial score (nSPS) is 13.3. The van der Waals surface area contributed by atoms with Gasteiger partial charge in [0.05, 0.1) is 0 Å². The Balaban J connectivity index is 3.04. The van der Waals surface area contributed by atoms with Gasteiger partial charge in [-0.25, -0.2) is 8.78 Å². The highest BCUT2D eigenvalue weighted by molar-refractivity contribution is 7.80. The van der Waals surface area contributed by atoms with E-state index in [9.17, 15) is 8.78 Å². The van der Waals surface area contributed by atoms with Gasteiger partial charge in [-0.1, -0.05) is 6.07 Å². The van der Waals surface area contributed by atoms with E-state index in [1.165, 1.54) is 12.1 Å². The van der Waals surface area contributed by atoms with E-state index in [1.807, 2.05) is 19.0 Å². The summed E-state index contributed by atoms with van der Waals surface area (Å²) in [5.41, 5.74) is 0.478. The highest BCUT2D eigenvalue weighted by Gasteiger charge is 2.16. The van der Waals surface area contributed by atoms with Crippen LogP contribution in [0.25, 0.3) is 0 Å². The minimum atomic E-state index is -0.553. The van der Waals surface area contributed by atoms with Crippen LogP contribution in [0.3, 0.4) is 0 Å². The van der Waals surface area contributed by atoms with Crippen LogP contribution in [0.2, 0.25) is 0 Å². The zero-order valence-electron chi connectivity index (χ0n) is 8.17. The first-order chi connectivity index (χ1) is 6.56. The van der Waals surface area contributed by atoms with E-state index in [0.29, 0.717) is 11.3 Å². The molecule has 1 rings (SSSR count). The van der Waals surface area contributed by atoms with Crippen molar-refractivity contribution in [2.75, 3.05) is 19.8 Å². The summed E-state index contributed by atoms with van der Waals surface area (Å²) in [6, 6.07) is 3.50. The maximum atomic E-state index is 13.3. The summed E-state index contributed by atoms with van der Waals surface area (Å²) in [5.74, 6) is -0.573. The number of rotatable bonds is 3. The van der Waals surface area contributed by atoms with Crippen molar-refractivity contribution in [3.63, 3.8) is 0 Å². The highest BCUT2D eigenvalue weighted by atomic mass is 32.1. The van der Waals surface area contributed by atoms with E-state index < -0.39 is 11.6 Å². The fourth-order valence-electron chi connectivity index (χ4n) is 1.31. The molecule has 14 heavy (non-hydrogen) atoms. The van der Waals surface area contributed by atoms with E-state index >= 15 is 0 Å². The van der Waals surface area contributed by atoms with Crippen LogP contribution in [-0.4, -0.2) is 24.7 Å². The van der Waals surface area contributed by atoms with E-state index in [0.717, 1.165) is 6.07 Å². The lowest BCUT2D eigenvalue weighted by molar-refractivity contribution is 0.318. The van der Waals surface area contributed by atoms with Crippen LogP contribution >= 0.6 is 12.6 Å². The third-order valence-corrected chi connectivity index (χ3v) is 2.46. The number of benzene rings is 1. The highest BCUT2D eigenvalue weighted by Crippen LogP contribution is 2.22. The molecule has 1 aromatic carbocycles. The fraction of sp³-hybridized carbons (Fsp3) is 0.400. The number of nitrogens with zero attached hydrogens (tertiary/aromatic N) is 1. The van der Waals surface area contributed by atoms with Crippen molar-refractivity contribution in [1.29, 1.82) is 0 Å². The van der Waals surface area contributed by atoms with E-state index in [4.69, 9.17) is 0 Å². The number of thiol groups is 1. The smallest absolute Gasteiger partial charge is 0.130 e. The zero-order chi connectivity index (χ0) is 10.7. The molecule has 4 heteroatoms. The molecule has 0 N–H and O–H groups in total. The van der Waals surface area contributed by atoms with Gasteiger partial charge in [0.25, 0.3) is 0 Å². The molecular weight excluding hydrogens is 204 g/mol. The molecule has 0 heterocycles. The minimum Gasteiger partial charge on any atom is -0.301 e. The van der Waals surface area contributed by atoms with Gasteiger partial charge in [-0.15, -0.1) is 0 Å². The van der Waals surface area contributed by atoms with Gasteiger partial charge in [0, 0.05) is 23.4 Å². The van der Waals surface area contributed by atoms with E-state index in [1.54, 1.807) is 0 Å². The van der Waals surface area contributed by atoms with Crippen LogP contribution in [0, 0.1) is 11.6 Å². The number of hydrogen-bond donors (Lipinski definition) is 1. The second kappa shape index (κ2) is 4.75. The van der Waals surface area contributed by atoms with E-state index in [-0.39, 0.29) is 6.04 Å². The van der Waals surface area contributed by atoms with Gasteiger partial charge in [0.1, 0.15) is 11.6 Å². The topological polar surface area (TPSA) is 3.24 Å². The SMILES string of the molecule is CN(C)C(CS)c1ccc(F)cc1F. The van der Waals surface area contributed by atoms with Crippen molar-refractivity contribution in [2.45, 2.75) is 6.04 Å². The lowest BCUT2D eigenvalue weighted by atomic mass is 10.1. The molecule has 1 atom stereocenters. The van der Waals surface area contributed by atoms with Crippen molar-refractivity contribution < 1.29 is 8.78 Å². The molecule has 78 valence electrons. The summed E-state index contributed by atoms with van der Waals surface area (Å²) in [4.78, 5) is 1.85. The molecule has 0 aliphatic carbocycles. The van der Waals surface area contributed by atoms with Crippen LogP contribution in [0.15, 0.2) is 18.2 Å². The van der Waals surface area contributed by atoms with Gasteiger partial charge in [-0.3, -0.25) is 0 Å². The standard InChI is InChI=1S/C10H13F2NS/c1-13(2)10(6-14)8-4-3-7(11)5-9(8)12/h3-5,10,14H,6H2,1-2H3. The molecule has 0 aromatic heterocycles. The quantitative estimate of drug-likeness (QED) is 0.761. The predicted octanol–water partition coefficient (Wildman–Crippen LogP) is 2.50. The zero-order valence-corrected chi connectivity index (χ0v) is 9.06. The van der Waals surface area contributed by atoms with Gasteiger partial charge < -0.3 is 4.90 Å². The van der Waals surface area contributed by atoms with Crippen LogP contribution in [-0.2, 0) is 0 Å². The summed E-state index contributed by atoms with van der Waals surface area (Å²) >= 11 is 4.14. The average Bonchev–Trinajstić information content (AvgIpc) is 2.09. The summed E-state index contributed by atoms with van der Waals surface area (Å²) in [5, 5.41) is 0. The molecule has 0 aliphatic rings. The second-order valence-electron chi connectivity index (χ2n) is 3.33. The Morgan fingerprint density at radius 2 is 2.00 bits per heavy atom. The molecule has 0 amide bonds. The van der Waals surface area contributed by atoms with E-state index in [2.05, 4.69) is 12.6 Å². The number of halogens is 2. The first-order valence-corrected chi connectivity index (χ1v) is 4.91. The van der Waals surface area contributed by atoms with Gasteiger partial charge in [-0.2, -0.15) is 12.6 Å². The van der Waals surface area contributed by atoms with Gasteiger partial charge >= 0.3 is 0 Å². The average molecular weight is 217 g/mol. The summed E-state index contributed by atoms with van der Waals surface area (Å²) in [7, 11) is 3.67. The first-order valence-electron chi connectivity index (χ1n) is 4.28. The van der Waals surface area contributed by atoms with Crippen LogP contribution in [0.5, 0.6) is 0 Å². The molecule has 0 saturated carbocycles. The Morgan fingerprint density at radius 3 is 2.43 bits per heavy atom. The van der Waals surface area contributed by atoms with Crippen LogP contribution in [0.1, 0.15) is 11.6 Å². The lowest BCUT2D eigenvalue weighted by Crippen LogP contribution is -2.22. The molecule has 0 aliphatic heterocycles. The Kier molecular flexibility index (Phi) is 3.89.